The fourth-order valence-electron chi connectivity index (χ4n) is 10.4. The highest BCUT2D eigenvalue weighted by molar-refractivity contribution is 7.91. The average Bonchev–Trinajstić information content (AvgIpc) is 3.98. The first-order valence-electron chi connectivity index (χ1n) is 25.4. The normalized spacial score (nSPS) is 18.7. The summed E-state index contributed by atoms with van der Waals surface area (Å²) in [6, 6.07) is 20.0. The lowest BCUT2D eigenvalue weighted by atomic mass is 9.93. The summed E-state index contributed by atoms with van der Waals surface area (Å²) in [5, 5.41) is 14.3. The highest BCUT2D eigenvalue weighted by Gasteiger charge is 2.33. The Morgan fingerprint density at radius 3 is 1.64 bits per heavy atom. The number of benzene rings is 4. The van der Waals surface area contributed by atoms with E-state index in [2.05, 4.69) is 75.6 Å². The zero-order chi connectivity index (χ0) is 56.3. The molecule has 22 heteroatoms. The number of nitrogens with one attached hydrogen (secondary N) is 4. The molecule has 4 aromatic carbocycles. The maximum Gasteiger partial charge on any atom is 0.406 e. The van der Waals surface area contributed by atoms with E-state index in [1.807, 2.05) is 13.1 Å². The van der Waals surface area contributed by atoms with Crippen LogP contribution < -0.4 is 30.7 Å². The summed E-state index contributed by atoms with van der Waals surface area (Å²) in [7, 11) is -0.896. The van der Waals surface area contributed by atoms with Crippen LogP contribution in [0.1, 0.15) is 43.6 Å². The molecule has 0 bridgehead atoms. The number of anilines is 4. The fraction of sp³-hybridized carbons (Fsp3) is 0.429. The molecule has 0 amide bonds. The smallest absolute Gasteiger partial charge is 0.406 e. The highest BCUT2D eigenvalue weighted by Crippen LogP contribution is 2.38. The van der Waals surface area contributed by atoms with Crippen molar-refractivity contribution in [1.82, 2.24) is 18.9 Å². The maximum absolute atomic E-state index is 14.5. The van der Waals surface area contributed by atoms with Crippen LogP contribution in [0.15, 0.2) is 88.7 Å². The Morgan fingerprint density at radius 2 is 1.13 bits per heavy atom. The van der Waals surface area contributed by atoms with Gasteiger partial charge in [-0.2, -0.15) is 26.3 Å². The van der Waals surface area contributed by atoms with Gasteiger partial charge in [0.05, 0.1) is 76.6 Å². The second-order valence-corrected chi connectivity index (χ2v) is 24.4. The number of piperidine rings is 2. The summed E-state index contributed by atoms with van der Waals surface area (Å²) in [6.07, 6.45) is -6.53. The molecule has 2 saturated heterocycles. The second-order valence-electron chi connectivity index (χ2n) is 20.4. The van der Waals surface area contributed by atoms with Gasteiger partial charge in [0.1, 0.15) is 24.6 Å². The van der Waals surface area contributed by atoms with Gasteiger partial charge in [0.2, 0.25) is 0 Å². The van der Waals surface area contributed by atoms with E-state index in [1.54, 1.807) is 18.2 Å². The van der Waals surface area contributed by atoms with Crippen LogP contribution in [0.25, 0.3) is 21.8 Å². The number of alkyl halides is 6. The van der Waals surface area contributed by atoms with Gasteiger partial charge in [-0.15, -0.1) is 0 Å². The fourth-order valence-corrected chi connectivity index (χ4v) is 12.4. The Balaban J connectivity index is 1.06. The molecule has 2 fully saturated rings. The first-order valence-corrected chi connectivity index (χ1v) is 28.9. The van der Waals surface area contributed by atoms with Gasteiger partial charge >= 0.3 is 12.4 Å². The summed E-state index contributed by atoms with van der Waals surface area (Å²) in [5.41, 5.74) is 3.00. The highest BCUT2D eigenvalue weighted by atomic mass is 32.2. The molecule has 0 radical (unpaired) electrons. The van der Waals surface area contributed by atoms with Crippen LogP contribution in [-0.2, 0) is 38.5 Å². The summed E-state index contributed by atoms with van der Waals surface area (Å²) in [4.78, 5) is 4.37. The number of ether oxygens (including phenoxy) is 2. The zero-order valence-electron chi connectivity index (χ0n) is 44.4. The molecule has 2 aliphatic rings. The number of aromatic nitrogens is 2. The molecule has 4 atom stereocenters. The third-order valence-electron chi connectivity index (χ3n) is 14.3. The van der Waals surface area contributed by atoms with Crippen molar-refractivity contribution in [1.29, 1.82) is 0 Å². The van der Waals surface area contributed by atoms with Gasteiger partial charge in [-0.3, -0.25) is 0 Å². The molecule has 8 rings (SSSR count). The van der Waals surface area contributed by atoms with E-state index < -0.39 is 50.9 Å². The van der Waals surface area contributed by atoms with Gasteiger partial charge in [0, 0.05) is 65.7 Å². The lowest BCUT2D eigenvalue weighted by Gasteiger charge is -2.36. The minimum Gasteiger partial charge on any atom is -0.495 e. The van der Waals surface area contributed by atoms with Gasteiger partial charge in [-0.25, -0.2) is 16.8 Å². The van der Waals surface area contributed by atoms with Crippen molar-refractivity contribution in [2.45, 2.75) is 79.8 Å². The molecule has 78 heavy (non-hydrogen) atoms. The molecule has 0 spiro atoms. The topological polar surface area (TPSA) is 151 Å². The van der Waals surface area contributed by atoms with Crippen molar-refractivity contribution in [2.75, 3.05) is 95.1 Å². The van der Waals surface area contributed by atoms with Crippen molar-refractivity contribution in [3.05, 3.63) is 95.8 Å². The third kappa shape index (κ3) is 13.7. The first-order chi connectivity index (χ1) is 36.8. The molecule has 2 aromatic heterocycles. The predicted molar refractivity (Wildman–Crippen MR) is 294 cm³/mol. The van der Waals surface area contributed by atoms with E-state index in [4.69, 9.17) is 9.47 Å². The zero-order valence-corrected chi connectivity index (χ0v) is 46.0. The number of halogens is 6. The first kappa shape index (κ1) is 57.5. The molecule has 0 aliphatic carbocycles. The third-order valence-corrected chi connectivity index (χ3v) is 17.1. The Hall–Kier alpha value is -6.72. The molecule has 0 unspecified atom stereocenters. The number of fused-ring (bicyclic) bond motifs is 2. The Morgan fingerprint density at radius 1 is 0.628 bits per heavy atom. The molecular weight excluding hydrogens is 1060 g/mol. The Labute approximate surface area is 451 Å². The van der Waals surface area contributed by atoms with Crippen LogP contribution in [-0.4, -0.2) is 134 Å². The van der Waals surface area contributed by atoms with Gasteiger partial charge in [-0.1, -0.05) is 37.8 Å². The van der Waals surface area contributed by atoms with E-state index in [1.165, 1.54) is 68.8 Å². The number of methoxy groups -OCH3 is 2. The SMILES string of the molecule is COc1cc(S(C)(=O)=O)ccc1NCC#Cc1cc2c(N[C@@H]3CCN(C)C[C@@H]3C)c(CS(=O)(=O)c3ccc(NCC#Cc4cc5c(N[C@H]6CCN(C)C[C@H]6C)cccc5n4CC(F)(F)F)c(OC)c3)ccc2n1CC(F)(F)F. The van der Waals surface area contributed by atoms with E-state index >= 15 is 0 Å². The van der Waals surface area contributed by atoms with Crippen molar-refractivity contribution < 1.29 is 52.7 Å². The number of hydrogen-bond donors (Lipinski definition) is 4. The molecule has 418 valence electrons. The van der Waals surface area contributed by atoms with Crippen LogP contribution >= 0.6 is 0 Å². The average molecular weight is 1120 g/mol. The van der Waals surface area contributed by atoms with E-state index in [9.17, 15) is 43.2 Å². The molecule has 4 heterocycles. The summed E-state index contributed by atoms with van der Waals surface area (Å²) < 4.78 is 151. The minimum atomic E-state index is -4.65. The standard InChI is InChI=1S/C56H64F6N8O6S2/c1-36-31-67(3)25-21-45(36)65-47-13-8-14-50-43(47)27-39(69(50)34-55(57,58)59)11-9-23-64-49-19-17-42(30-53(49)76-6)78(73,74)33-38-15-20-51-44(54(38)66-46-22-26-68(4)32-37(46)2)28-40(70(51)35-56(60,61)62)12-10-24-63-48-18-16-41(77(7,71)72)29-52(48)75-5/h8,13-20,27-30,36-37,45-46,63-66H,21-26,31-35H2,1-7H3/t36-,37+,45+,46-/m1/s1. The van der Waals surface area contributed by atoms with Crippen LogP contribution in [0.3, 0.4) is 0 Å². The number of sulfone groups is 2. The van der Waals surface area contributed by atoms with Crippen molar-refractivity contribution in [2.24, 2.45) is 11.8 Å². The van der Waals surface area contributed by atoms with Crippen molar-refractivity contribution in [3.63, 3.8) is 0 Å². The van der Waals surface area contributed by atoms with Gasteiger partial charge < -0.3 is 49.7 Å². The summed E-state index contributed by atoms with van der Waals surface area (Å²) in [5.74, 6) is 11.9. The number of nitrogens with zero attached hydrogens (tertiary/aromatic N) is 4. The van der Waals surface area contributed by atoms with Crippen LogP contribution in [0.4, 0.5) is 49.1 Å². The number of hydrogen-bond acceptors (Lipinski definition) is 12. The van der Waals surface area contributed by atoms with E-state index in [-0.39, 0.29) is 69.3 Å². The van der Waals surface area contributed by atoms with Gasteiger partial charge in [0.25, 0.3) is 0 Å². The van der Waals surface area contributed by atoms with Crippen LogP contribution in [0.5, 0.6) is 11.5 Å². The number of likely N-dealkylation sites (tertiary alicyclic amines) is 2. The van der Waals surface area contributed by atoms with Gasteiger partial charge in [0.15, 0.2) is 19.7 Å². The van der Waals surface area contributed by atoms with Crippen LogP contribution in [0.2, 0.25) is 0 Å². The monoisotopic (exact) mass is 1120 g/mol. The lowest BCUT2D eigenvalue weighted by molar-refractivity contribution is -0.140. The molecular formula is C56H64F6N8O6S2. The van der Waals surface area contributed by atoms with Gasteiger partial charge in [-0.05, 0) is 124 Å². The minimum absolute atomic E-state index is 0.0312. The van der Waals surface area contributed by atoms with E-state index in [0.717, 1.165) is 53.7 Å². The lowest BCUT2D eigenvalue weighted by Crippen LogP contribution is -2.43. The maximum atomic E-state index is 14.5. The molecule has 14 nitrogen and oxygen atoms in total. The van der Waals surface area contributed by atoms with E-state index in [0.29, 0.717) is 51.3 Å². The Bertz CT molecular complexity index is 3540. The molecule has 2 aliphatic heterocycles. The molecule has 6 aromatic rings. The molecule has 0 saturated carbocycles. The largest absolute Gasteiger partial charge is 0.495 e. The van der Waals surface area contributed by atoms with Crippen molar-refractivity contribution in [3.8, 4) is 35.2 Å². The second kappa shape index (κ2) is 23.3. The predicted octanol–water partition coefficient (Wildman–Crippen LogP) is 9.55. The number of rotatable bonds is 16. The van der Waals surface area contributed by atoms with Crippen LogP contribution in [0, 0.1) is 35.5 Å². The summed E-state index contributed by atoms with van der Waals surface area (Å²) >= 11 is 0. The van der Waals surface area contributed by atoms with Crippen molar-refractivity contribution >= 4 is 64.2 Å². The quantitative estimate of drug-likeness (QED) is 0.0540. The summed E-state index contributed by atoms with van der Waals surface area (Å²) in [6.45, 7) is 4.77. The Kier molecular flexibility index (Phi) is 17.2. The molecule has 4 N–H and O–H groups in total.